The Kier molecular flexibility index (Phi) is 4.00. The minimum atomic E-state index is -0.823. The van der Waals surface area contributed by atoms with E-state index < -0.39 is 17.7 Å². The molecule has 2 rings (SSSR count). The Morgan fingerprint density at radius 3 is 2.28 bits per heavy atom. The second-order valence-corrected chi connectivity index (χ2v) is 5.79. The zero-order valence-corrected chi connectivity index (χ0v) is 10.9. The standard InChI is InChI=1S/C15H20F2O/c1-9-5-10(2)7-11(6-9)15(18)13-4-3-12(16)8-14(13)17/h3-4,8-11,15,18H,5-7H2,1-2H3. The summed E-state index contributed by atoms with van der Waals surface area (Å²) in [4.78, 5) is 0. The van der Waals surface area contributed by atoms with Gasteiger partial charge in [0.25, 0.3) is 0 Å². The lowest BCUT2D eigenvalue weighted by Gasteiger charge is -2.34. The molecule has 0 radical (unpaired) electrons. The molecule has 0 spiro atoms. The van der Waals surface area contributed by atoms with Gasteiger partial charge in [0.1, 0.15) is 11.6 Å². The van der Waals surface area contributed by atoms with Gasteiger partial charge in [-0.05, 0) is 43.1 Å². The second-order valence-electron chi connectivity index (χ2n) is 5.79. The fourth-order valence-electron chi connectivity index (χ4n) is 3.26. The molecule has 1 fully saturated rings. The molecule has 3 unspecified atom stereocenters. The summed E-state index contributed by atoms with van der Waals surface area (Å²) in [6.45, 7) is 4.33. The SMILES string of the molecule is CC1CC(C)CC(C(O)c2ccc(F)cc2F)C1. The van der Waals surface area contributed by atoms with Crippen LogP contribution in [0.1, 0.15) is 44.8 Å². The van der Waals surface area contributed by atoms with Crippen LogP contribution in [0.2, 0.25) is 0 Å². The molecular formula is C15H20F2O. The summed E-state index contributed by atoms with van der Waals surface area (Å²) in [6, 6.07) is 3.41. The average molecular weight is 254 g/mol. The van der Waals surface area contributed by atoms with E-state index >= 15 is 0 Å². The smallest absolute Gasteiger partial charge is 0.131 e. The Bertz CT molecular complexity index is 409. The summed E-state index contributed by atoms with van der Waals surface area (Å²) in [5.41, 5.74) is 0.225. The fraction of sp³-hybridized carbons (Fsp3) is 0.600. The van der Waals surface area contributed by atoms with Crippen LogP contribution in [0.25, 0.3) is 0 Å². The molecule has 1 aromatic carbocycles. The summed E-state index contributed by atoms with van der Waals surface area (Å²) >= 11 is 0. The Morgan fingerprint density at radius 2 is 1.72 bits per heavy atom. The van der Waals surface area contributed by atoms with Gasteiger partial charge in [0, 0.05) is 11.6 Å². The van der Waals surface area contributed by atoms with Gasteiger partial charge < -0.3 is 5.11 Å². The molecule has 100 valence electrons. The van der Waals surface area contributed by atoms with Gasteiger partial charge in [0.15, 0.2) is 0 Å². The molecule has 0 aromatic heterocycles. The van der Waals surface area contributed by atoms with Crippen molar-refractivity contribution in [3.63, 3.8) is 0 Å². The Hall–Kier alpha value is -0.960. The highest BCUT2D eigenvalue weighted by molar-refractivity contribution is 5.21. The van der Waals surface area contributed by atoms with E-state index in [-0.39, 0.29) is 11.5 Å². The van der Waals surface area contributed by atoms with E-state index in [0.717, 1.165) is 25.3 Å². The molecule has 3 heteroatoms. The number of rotatable bonds is 2. The number of aliphatic hydroxyl groups excluding tert-OH is 1. The quantitative estimate of drug-likeness (QED) is 0.843. The molecule has 0 amide bonds. The number of hydrogen-bond acceptors (Lipinski definition) is 1. The summed E-state index contributed by atoms with van der Waals surface area (Å²) in [7, 11) is 0. The summed E-state index contributed by atoms with van der Waals surface area (Å²) in [5, 5.41) is 10.3. The van der Waals surface area contributed by atoms with E-state index in [1.165, 1.54) is 12.1 Å². The third-order valence-electron chi connectivity index (χ3n) is 3.94. The second kappa shape index (κ2) is 5.35. The maximum absolute atomic E-state index is 13.7. The predicted molar refractivity (Wildman–Crippen MR) is 67.0 cm³/mol. The number of hydrogen-bond donors (Lipinski definition) is 1. The first-order valence-corrected chi connectivity index (χ1v) is 6.60. The van der Waals surface area contributed by atoms with Crippen LogP contribution in [0.3, 0.4) is 0 Å². The minimum Gasteiger partial charge on any atom is -0.388 e. The topological polar surface area (TPSA) is 20.2 Å². The zero-order chi connectivity index (χ0) is 13.3. The van der Waals surface area contributed by atoms with Crippen LogP contribution in [0.4, 0.5) is 8.78 Å². The molecule has 18 heavy (non-hydrogen) atoms. The lowest BCUT2D eigenvalue weighted by atomic mass is 9.73. The van der Waals surface area contributed by atoms with Crippen LogP contribution in [0.5, 0.6) is 0 Å². The van der Waals surface area contributed by atoms with E-state index in [1.54, 1.807) is 0 Å². The van der Waals surface area contributed by atoms with Crippen LogP contribution in [-0.4, -0.2) is 5.11 Å². The van der Waals surface area contributed by atoms with Crippen LogP contribution >= 0.6 is 0 Å². The third-order valence-corrected chi connectivity index (χ3v) is 3.94. The van der Waals surface area contributed by atoms with Gasteiger partial charge in [-0.15, -0.1) is 0 Å². The number of halogens is 2. The normalized spacial score (nSPS) is 30.2. The van der Waals surface area contributed by atoms with Gasteiger partial charge in [0.05, 0.1) is 6.10 Å². The van der Waals surface area contributed by atoms with Crippen molar-refractivity contribution in [2.24, 2.45) is 17.8 Å². The molecule has 0 bridgehead atoms. The molecule has 1 aromatic rings. The van der Waals surface area contributed by atoms with Gasteiger partial charge in [0.2, 0.25) is 0 Å². The molecule has 1 nitrogen and oxygen atoms in total. The van der Waals surface area contributed by atoms with Crippen molar-refractivity contribution in [3.05, 3.63) is 35.4 Å². The molecule has 3 atom stereocenters. The minimum absolute atomic E-state index is 0.0729. The Labute approximate surface area is 107 Å². The number of aliphatic hydroxyl groups is 1. The largest absolute Gasteiger partial charge is 0.388 e. The van der Waals surface area contributed by atoms with Crippen molar-refractivity contribution < 1.29 is 13.9 Å². The summed E-state index contributed by atoms with van der Waals surface area (Å²) < 4.78 is 26.5. The molecule has 1 aliphatic carbocycles. The lowest BCUT2D eigenvalue weighted by Crippen LogP contribution is -2.25. The molecule has 0 heterocycles. The molecular weight excluding hydrogens is 234 g/mol. The van der Waals surface area contributed by atoms with Crippen molar-refractivity contribution in [2.75, 3.05) is 0 Å². The van der Waals surface area contributed by atoms with Gasteiger partial charge in [-0.25, -0.2) is 8.78 Å². The Balaban J connectivity index is 2.17. The Morgan fingerprint density at radius 1 is 1.11 bits per heavy atom. The fourth-order valence-corrected chi connectivity index (χ4v) is 3.26. The van der Waals surface area contributed by atoms with Crippen LogP contribution in [-0.2, 0) is 0 Å². The highest BCUT2D eigenvalue weighted by Crippen LogP contribution is 2.40. The van der Waals surface area contributed by atoms with Crippen LogP contribution < -0.4 is 0 Å². The first-order chi connectivity index (χ1) is 8.47. The predicted octanol–water partition coefficient (Wildman–Crippen LogP) is 4.07. The first-order valence-electron chi connectivity index (χ1n) is 6.60. The van der Waals surface area contributed by atoms with Crippen LogP contribution in [0.15, 0.2) is 18.2 Å². The van der Waals surface area contributed by atoms with Crippen molar-refractivity contribution in [1.82, 2.24) is 0 Å². The van der Waals surface area contributed by atoms with E-state index in [2.05, 4.69) is 13.8 Å². The summed E-state index contributed by atoms with van der Waals surface area (Å²) in [6.07, 6.45) is 2.15. The van der Waals surface area contributed by atoms with E-state index in [9.17, 15) is 13.9 Å². The summed E-state index contributed by atoms with van der Waals surface area (Å²) in [5.74, 6) is -0.0697. The van der Waals surface area contributed by atoms with Crippen LogP contribution in [0, 0.1) is 29.4 Å². The maximum Gasteiger partial charge on any atom is 0.131 e. The van der Waals surface area contributed by atoms with E-state index in [1.807, 2.05) is 0 Å². The van der Waals surface area contributed by atoms with Gasteiger partial charge in [-0.3, -0.25) is 0 Å². The molecule has 1 N–H and O–H groups in total. The molecule has 1 saturated carbocycles. The van der Waals surface area contributed by atoms with Gasteiger partial charge in [-0.1, -0.05) is 19.9 Å². The maximum atomic E-state index is 13.7. The van der Waals surface area contributed by atoms with Crippen molar-refractivity contribution in [3.8, 4) is 0 Å². The van der Waals surface area contributed by atoms with Gasteiger partial charge in [-0.2, -0.15) is 0 Å². The monoisotopic (exact) mass is 254 g/mol. The van der Waals surface area contributed by atoms with Crippen molar-refractivity contribution in [2.45, 2.75) is 39.2 Å². The molecule has 0 saturated heterocycles. The van der Waals surface area contributed by atoms with E-state index in [4.69, 9.17) is 0 Å². The highest BCUT2D eigenvalue weighted by Gasteiger charge is 2.31. The third kappa shape index (κ3) is 2.89. The molecule has 0 aliphatic heterocycles. The first kappa shape index (κ1) is 13.5. The van der Waals surface area contributed by atoms with Crippen molar-refractivity contribution >= 4 is 0 Å². The highest BCUT2D eigenvalue weighted by atomic mass is 19.1. The van der Waals surface area contributed by atoms with E-state index in [0.29, 0.717) is 11.8 Å². The lowest BCUT2D eigenvalue weighted by molar-refractivity contribution is 0.0526. The van der Waals surface area contributed by atoms with Crippen molar-refractivity contribution in [1.29, 1.82) is 0 Å². The van der Waals surface area contributed by atoms with Gasteiger partial charge >= 0.3 is 0 Å². The average Bonchev–Trinajstić information content (AvgIpc) is 2.26. The molecule has 1 aliphatic rings. The number of benzene rings is 1. The zero-order valence-electron chi connectivity index (χ0n) is 10.9.